The third kappa shape index (κ3) is 4.80. The van der Waals surface area contributed by atoms with Crippen molar-refractivity contribution in [1.82, 2.24) is 20.1 Å². The van der Waals surface area contributed by atoms with Crippen LogP contribution in [0.2, 0.25) is 0 Å². The maximum Gasteiger partial charge on any atom is 0.271 e. The summed E-state index contributed by atoms with van der Waals surface area (Å²) in [6, 6.07) is 10.5. The van der Waals surface area contributed by atoms with E-state index in [-0.39, 0.29) is 17.7 Å². The average Bonchev–Trinajstić information content (AvgIpc) is 3.38. The van der Waals surface area contributed by atoms with E-state index in [2.05, 4.69) is 20.5 Å². The van der Waals surface area contributed by atoms with Gasteiger partial charge in [0.2, 0.25) is 11.7 Å². The maximum absolute atomic E-state index is 13.1. The highest BCUT2D eigenvalue weighted by atomic mass is 16.5. The Labute approximate surface area is 197 Å². The molecule has 10 nitrogen and oxygen atoms in total. The number of ether oxygens (including phenoxy) is 3. The molecule has 1 saturated heterocycles. The van der Waals surface area contributed by atoms with Gasteiger partial charge in [0.05, 0.1) is 32.9 Å². The van der Waals surface area contributed by atoms with Gasteiger partial charge in [-0.05, 0) is 31.0 Å². The molecule has 2 aromatic heterocycles. The second kappa shape index (κ2) is 10.2. The second-order valence-electron chi connectivity index (χ2n) is 7.88. The van der Waals surface area contributed by atoms with E-state index in [1.165, 1.54) is 21.3 Å². The lowest BCUT2D eigenvalue weighted by Crippen LogP contribution is -2.43. The second-order valence-corrected chi connectivity index (χ2v) is 7.88. The van der Waals surface area contributed by atoms with Gasteiger partial charge in [0.25, 0.3) is 5.91 Å². The number of benzene rings is 1. The number of carbonyl (C=O) groups excluding carboxylic acids is 2. The molecule has 4 rings (SSSR count). The van der Waals surface area contributed by atoms with Crippen LogP contribution in [-0.2, 0) is 4.79 Å². The molecule has 2 N–H and O–H groups in total. The lowest BCUT2D eigenvalue weighted by atomic mass is 9.96. The molecule has 1 aromatic carbocycles. The van der Waals surface area contributed by atoms with Gasteiger partial charge in [-0.2, -0.15) is 5.10 Å². The fourth-order valence-corrected chi connectivity index (χ4v) is 4.02. The van der Waals surface area contributed by atoms with Gasteiger partial charge in [-0.25, -0.2) is 0 Å². The van der Waals surface area contributed by atoms with Crippen LogP contribution < -0.4 is 19.5 Å². The minimum Gasteiger partial charge on any atom is -0.493 e. The Morgan fingerprint density at radius 1 is 1.06 bits per heavy atom. The number of piperidine rings is 1. The zero-order chi connectivity index (χ0) is 24.1. The number of aromatic amines is 1. The van der Waals surface area contributed by atoms with Crippen LogP contribution in [0, 0.1) is 5.92 Å². The van der Waals surface area contributed by atoms with E-state index >= 15 is 0 Å². The zero-order valence-corrected chi connectivity index (χ0v) is 19.3. The van der Waals surface area contributed by atoms with E-state index in [9.17, 15) is 9.59 Å². The summed E-state index contributed by atoms with van der Waals surface area (Å²) in [6.07, 6.45) is 3.08. The van der Waals surface area contributed by atoms with E-state index in [1.54, 1.807) is 29.3 Å². The Hall–Kier alpha value is -4.08. The lowest BCUT2D eigenvalue weighted by molar-refractivity contribution is -0.121. The van der Waals surface area contributed by atoms with Crippen molar-refractivity contribution >= 4 is 17.5 Å². The number of carbonyl (C=O) groups is 2. The standard InChI is InChI=1S/C24H27N5O5/c1-32-20-11-16(12-21(33-2)22(20)34-3)26-23(30)15-7-6-10-29(14-15)24(31)19-13-18(27-28-19)17-8-4-5-9-25-17/h4-5,8-9,11-13,15H,6-7,10,14H2,1-3H3,(H,26,30)(H,27,28)/t15-/m1/s1. The van der Waals surface area contributed by atoms with Crippen molar-refractivity contribution in [2.24, 2.45) is 5.92 Å². The van der Waals surface area contributed by atoms with E-state index in [4.69, 9.17) is 14.2 Å². The molecule has 2 amide bonds. The number of hydrogen-bond acceptors (Lipinski definition) is 7. The number of nitrogens with one attached hydrogen (secondary N) is 2. The summed E-state index contributed by atoms with van der Waals surface area (Å²) in [5.74, 6) is 0.615. The number of nitrogens with zero attached hydrogens (tertiary/aromatic N) is 3. The molecular weight excluding hydrogens is 438 g/mol. The minimum atomic E-state index is -0.352. The Balaban J connectivity index is 1.44. The van der Waals surface area contributed by atoms with Crippen LogP contribution in [-0.4, -0.2) is 66.3 Å². The van der Waals surface area contributed by atoms with Gasteiger partial charge >= 0.3 is 0 Å². The fraction of sp³-hybridized carbons (Fsp3) is 0.333. The number of pyridine rings is 1. The first-order valence-electron chi connectivity index (χ1n) is 10.9. The van der Waals surface area contributed by atoms with Gasteiger partial charge in [0.15, 0.2) is 11.5 Å². The van der Waals surface area contributed by atoms with Crippen molar-refractivity contribution in [3.63, 3.8) is 0 Å². The van der Waals surface area contributed by atoms with Crippen LogP contribution in [0.5, 0.6) is 17.2 Å². The number of rotatable bonds is 7. The monoisotopic (exact) mass is 465 g/mol. The van der Waals surface area contributed by atoms with Crippen LogP contribution in [0.15, 0.2) is 42.6 Å². The molecule has 0 bridgehead atoms. The Morgan fingerprint density at radius 3 is 2.47 bits per heavy atom. The SMILES string of the molecule is COc1cc(NC(=O)[C@@H]2CCCN(C(=O)c3cc(-c4ccccn4)n[nH]3)C2)cc(OC)c1OC. The number of hydrogen-bond donors (Lipinski definition) is 2. The predicted octanol–water partition coefficient (Wildman–Crippen LogP) is 2.99. The third-order valence-corrected chi connectivity index (χ3v) is 5.75. The molecule has 178 valence electrons. The Kier molecular flexibility index (Phi) is 6.95. The smallest absolute Gasteiger partial charge is 0.271 e. The van der Waals surface area contributed by atoms with Crippen LogP contribution in [0.3, 0.4) is 0 Å². The van der Waals surface area contributed by atoms with Gasteiger partial charge in [0.1, 0.15) is 11.4 Å². The summed E-state index contributed by atoms with van der Waals surface area (Å²) in [6.45, 7) is 0.887. The highest BCUT2D eigenvalue weighted by Gasteiger charge is 2.30. The number of H-pyrrole nitrogens is 1. The molecule has 0 spiro atoms. The summed E-state index contributed by atoms with van der Waals surface area (Å²) in [5, 5.41) is 9.93. The predicted molar refractivity (Wildman–Crippen MR) is 125 cm³/mol. The summed E-state index contributed by atoms with van der Waals surface area (Å²) in [4.78, 5) is 32.0. The van der Waals surface area contributed by atoms with Crippen LogP contribution in [0.1, 0.15) is 23.3 Å². The van der Waals surface area contributed by atoms with Crippen molar-refractivity contribution < 1.29 is 23.8 Å². The van der Waals surface area contributed by atoms with Crippen LogP contribution >= 0.6 is 0 Å². The minimum absolute atomic E-state index is 0.175. The van der Waals surface area contributed by atoms with Crippen molar-refractivity contribution in [2.75, 3.05) is 39.7 Å². The van der Waals surface area contributed by atoms with Crippen molar-refractivity contribution in [3.05, 3.63) is 48.3 Å². The largest absolute Gasteiger partial charge is 0.493 e. The molecule has 3 aromatic rings. The number of methoxy groups -OCH3 is 3. The molecule has 10 heteroatoms. The molecule has 34 heavy (non-hydrogen) atoms. The first-order valence-corrected chi connectivity index (χ1v) is 10.9. The van der Waals surface area contributed by atoms with Crippen LogP contribution in [0.25, 0.3) is 11.4 Å². The quantitative estimate of drug-likeness (QED) is 0.551. The maximum atomic E-state index is 13.1. The van der Waals surface area contributed by atoms with Crippen molar-refractivity contribution in [3.8, 4) is 28.6 Å². The number of likely N-dealkylation sites (tertiary alicyclic amines) is 1. The highest BCUT2D eigenvalue weighted by Crippen LogP contribution is 2.40. The first-order chi connectivity index (χ1) is 16.5. The summed E-state index contributed by atoms with van der Waals surface area (Å²) < 4.78 is 16.0. The van der Waals surface area contributed by atoms with E-state index in [0.29, 0.717) is 59.5 Å². The zero-order valence-electron chi connectivity index (χ0n) is 19.3. The van der Waals surface area contributed by atoms with Gasteiger partial charge < -0.3 is 24.4 Å². The number of anilines is 1. The molecular formula is C24H27N5O5. The molecule has 0 aliphatic carbocycles. The normalized spacial score (nSPS) is 15.5. The molecule has 1 aliphatic rings. The van der Waals surface area contributed by atoms with Gasteiger partial charge in [-0.15, -0.1) is 0 Å². The molecule has 1 fully saturated rings. The molecule has 1 aliphatic heterocycles. The first kappa shape index (κ1) is 23.1. The summed E-state index contributed by atoms with van der Waals surface area (Å²) in [5.41, 5.74) is 2.17. The average molecular weight is 466 g/mol. The van der Waals surface area contributed by atoms with Crippen molar-refractivity contribution in [2.45, 2.75) is 12.8 Å². The molecule has 0 unspecified atom stereocenters. The number of amides is 2. The van der Waals surface area contributed by atoms with Gasteiger partial charge in [0, 0.05) is 37.1 Å². The third-order valence-electron chi connectivity index (χ3n) is 5.75. The Bertz CT molecular complexity index is 1140. The molecule has 0 radical (unpaired) electrons. The van der Waals surface area contributed by atoms with Gasteiger partial charge in [-0.1, -0.05) is 6.07 Å². The number of aromatic nitrogens is 3. The fourth-order valence-electron chi connectivity index (χ4n) is 4.02. The summed E-state index contributed by atoms with van der Waals surface area (Å²) >= 11 is 0. The summed E-state index contributed by atoms with van der Waals surface area (Å²) in [7, 11) is 4.55. The Morgan fingerprint density at radius 2 is 1.82 bits per heavy atom. The molecule has 1 atom stereocenters. The molecule has 0 saturated carbocycles. The van der Waals surface area contributed by atoms with E-state index < -0.39 is 0 Å². The van der Waals surface area contributed by atoms with Crippen molar-refractivity contribution in [1.29, 1.82) is 0 Å². The topological polar surface area (TPSA) is 119 Å². The lowest BCUT2D eigenvalue weighted by Gasteiger charge is -2.31. The van der Waals surface area contributed by atoms with E-state index in [0.717, 1.165) is 6.42 Å². The van der Waals surface area contributed by atoms with Gasteiger partial charge in [-0.3, -0.25) is 19.7 Å². The van der Waals surface area contributed by atoms with Crippen LogP contribution in [0.4, 0.5) is 5.69 Å². The van der Waals surface area contributed by atoms with E-state index in [1.807, 2.05) is 18.2 Å². The molecule has 3 heterocycles. The highest BCUT2D eigenvalue weighted by molar-refractivity contribution is 5.96.